The molecule has 19 heavy (non-hydrogen) atoms. The quantitative estimate of drug-likeness (QED) is 0.889. The van der Waals surface area contributed by atoms with E-state index < -0.39 is 0 Å². The van der Waals surface area contributed by atoms with Crippen LogP contribution in [0.5, 0.6) is 0 Å². The fourth-order valence-corrected chi connectivity index (χ4v) is 2.47. The molecule has 3 nitrogen and oxygen atoms in total. The van der Waals surface area contributed by atoms with E-state index in [-0.39, 0.29) is 18.2 Å². The number of piperidine rings is 1. The minimum Gasteiger partial charge on any atom is -0.382 e. The highest BCUT2D eigenvalue weighted by molar-refractivity contribution is 5.93. The molecule has 0 atom stereocenters. The molecule has 1 aromatic heterocycles. The van der Waals surface area contributed by atoms with Crippen LogP contribution in [0.2, 0.25) is 0 Å². The first-order valence-corrected chi connectivity index (χ1v) is 6.34. The highest BCUT2D eigenvalue weighted by atomic mass is 35.5. The van der Waals surface area contributed by atoms with Gasteiger partial charge in [-0.1, -0.05) is 0 Å². The number of rotatable bonds is 2. The van der Waals surface area contributed by atoms with Crippen molar-refractivity contribution in [3.63, 3.8) is 0 Å². The van der Waals surface area contributed by atoms with Gasteiger partial charge in [0.05, 0.1) is 0 Å². The van der Waals surface area contributed by atoms with E-state index in [0.717, 1.165) is 37.0 Å². The van der Waals surface area contributed by atoms with E-state index in [4.69, 9.17) is 0 Å². The summed E-state index contributed by atoms with van der Waals surface area (Å²) in [6, 6.07) is 5.66. The lowest BCUT2D eigenvalue weighted by atomic mass is 10.0. The highest BCUT2D eigenvalue weighted by Crippen LogP contribution is 2.26. The maximum Gasteiger partial charge on any atom is 0.132 e. The molecule has 1 aromatic carbocycles. The number of aromatic nitrogens is 1. The van der Waals surface area contributed by atoms with E-state index in [1.54, 1.807) is 12.4 Å². The molecule has 2 N–H and O–H groups in total. The van der Waals surface area contributed by atoms with Gasteiger partial charge in [0.1, 0.15) is 5.82 Å². The second-order valence-electron chi connectivity index (χ2n) is 4.68. The van der Waals surface area contributed by atoms with Crippen LogP contribution in [0, 0.1) is 5.82 Å². The molecule has 3 rings (SSSR count). The van der Waals surface area contributed by atoms with Crippen molar-refractivity contribution in [2.24, 2.45) is 0 Å². The summed E-state index contributed by atoms with van der Waals surface area (Å²) in [5, 5.41) is 8.34. The Kier molecular flexibility index (Phi) is 4.56. The first kappa shape index (κ1) is 14.0. The maximum absolute atomic E-state index is 13.7. The van der Waals surface area contributed by atoms with Gasteiger partial charge in [-0.25, -0.2) is 4.39 Å². The van der Waals surface area contributed by atoms with Gasteiger partial charge in [-0.05, 0) is 44.1 Å². The Bertz CT molecular complexity index is 555. The summed E-state index contributed by atoms with van der Waals surface area (Å²) < 4.78 is 13.7. The molecule has 5 heteroatoms. The van der Waals surface area contributed by atoms with Crippen LogP contribution in [0.1, 0.15) is 12.8 Å². The van der Waals surface area contributed by atoms with Crippen molar-refractivity contribution in [1.29, 1.82) is 0 Å². The van der Waals surface area contributed by atoms with E-state index in [1.165, 1.54) is 6.07 Å². The molecule has 0 amide bonds. The number of hydrogen-bond donors (Lipinski definition) is 2. The number of pyridine rings is 1. The van der Waals surface area contributed by atoms with E-state index in [1.807, 2.05) is 12.1 Å². The van der Waals surface area contributed by atoms with Gasteiger partial charge in [-0.3, -0.25) is 4.98 Å². The Morgan fingerprint density at radius 3 is 2.74 bits per heavy atom. The molecule has 1 aliphatic heterocycles. The summed E-state index contributed by atoms with van der Waals surface area (Å²) in [4.78, 5) is 3.98. The fourth-order valence-electron chi connectivity index (χ4n) is 2.47. The Morgan fingerprint density at radius 1 is 1.16 bits per heavy atom. The molecular weight excluding hydrogens is 265 g/mol. The number of halogens is 2. The largest absolute Gasteiger partial charge is 0.382 e. The topological polar surface area (TPSA) is 37.0 Å². The predicted molar refractivity (Wildman–Crippen MR) is 78.5 cm³/mol. The summed E-state index contributed by atoms with van der Waals surface area (Å²) in [6.07, 6.45) is 5.49. The van der Waals surface area contributed by atoms with Crippen LogP contribution >= 0.6 is 12.4 Å². The molecule has 0 saturated carbocycles. The number of fused-ring (bicyclic) bond motifs is 1. The third-order valence-corrected chi connectivity index (χ3v) is 3.46. The summed E-state index contributed by atoms with van der Waals surface area (Å²) in [5.41, 5.74) is 1.00. The highest BCUT2D eigenvalue weighted by Gasteiger charge is 2.14. The zero-order chi connectivity index (χ0) is 12.4. The van der Waals surface area contributed by atoms with Crippen LogP contribution < -0.4 is 10.6 Å². The van der Waals surface area contributed by atoms with E-state index in [9.17, 15) is 4.39 Å². The number of nitrogens with zero attached hydrogens (tertiary/aromatic N) is 1. The van der Waals surface area contributed by atoms with Crippen molar-refractivity contribution in [2.75, 3.05) is 18.4 Å². The number of benzene rings is 1. The second-order valence-corrected chi connectivity index (χ2v) is 4.68. The average Bonchev–Trinajstić information content (AvgIpc) is 2.44. The molecular formula is C14H17ClFN3. The predicted octanol–water partition coefficient (Wildman–Crippen LogP) is 2.96. The SMILES string of the molecule is Cl.Fc1ccc(NC2CCNCC2)c2ccncc12. The fraction of sp³-hybridized carbons (Fsp3) is 0.357. The lowest BCUT2D eigenvalue weighted by Gasteiger charge is -2.25. The first-order valence-electron chi connectivity index (χ1n) is 6.34. The van der Waals surface area contributed by atoms with Gasteiger partial charge >= 0.3 is 0 Å². The number of anilines is 1. The summed E-state index contributed by atoms with van der Waals surface area (Å²) >= 11 is 0. The third kappa shape index (κ3) is 2.96. The molecule has 2 aromatic rings. The molecule has 0 bridgehead atoms. The van der Waals surface area contributed by atoms with Crippen molar-refractivity contribution < 1.29 is 4.39 Å². The number of nitrogens with one attached hydrogen (secondary N) is 2. The van der Waals surface area contributed by atoms with Gasteiger partial charge in [-0.2, -0.15) is 0 Å². The van der Waals surface area contributed by atoms with Crippen LogP contribution in [-0.4, -0.2) is 24.1 Å². The Hall–Kier alpha value is -1.39. The Labute approximate surface area is 118 Å². The van der Waals surface area contributed by atoms with Crippen molar-refractivity contribution in [3.8, 4) is 0 Å². The summed E-state index contributed by atoms with van der Waals surface area (Å²) in [7, 11) is 0. The molecule has 0 aliphatic carbocycles. The lowest BCUT2D eigenvalue weighted by molar-refractivity contribution is 0.479. The van der Waals surface area contributed by atoms with Crippen LogP contribution in [0.3, 0.4) is 0 Å². The van der Waals surface area contributed by atoms with Crippen LogP contribution in [0.25, 0.3) is 10.8 Å². The van der Waals surface area contributed by atoms with Crippen molar-refractivity contribution in [1.82, 2.24) is 10.3 Å². The van der Waals surface area contributed by atoms with Crippen LogP contribution in [-0.2, 0) is 0 Å². The zero-order valence-electron chi connectivity index (χ0n) is 10.5. The van der Waals surface area contributed by atoms with Gasteiger partial charge in [0.2, 0.25) is 0 Å². The van der Waals surface area contributed by atoms with E-state index in [0.29, 0.717) is 11.4 Å². The summed E-state index contributed by atoms with van der Waals surface area (Å²) in [6.45, 7) is 2.08. The van der Waals surface area contributed by atoms with E-state index in [2.05, 4.69) is 15.6 Å². The lowest BCUT2D eigenvalue weighted by Crippen LogP contribution is -2.35. The molecule has 0 radical (unpaired) electrons. The average molecular weight is 282 g/mol. The third-order valence-electron chi connectivity index (χ3n) is 3.46. The number of hydrogen-bond acceptors (Lipinski definition) is 3. The second kappa shape index (κ2) is 6.17. The molecule has 0 unspecified atom stereocenters. The molecule has 102 valence electrons. The first-order chi connectivity index (χ1) is 8.84. The normalized spacial score (nSPS) is 16.1. The standard InChI is InChI=1S/C14H16FN3.ClH/c15-13-1-2-14(11-5-8-17-9-12(11)13)18-10-3-6-16-7-4-10;/h1-2,5,8-10,16,18H,3-4,6-7H2;1H. The molecule has 1 fully saturated rings. The van der Waals surface area contributed by atoms with Crippen LogP contribution in [0.4, 0.5) is 10.1 Å². The monoisotopic (exact) mass is 281 g/mol. The van der Waals surface area contributed by atoms with Crippen molar-refractivity contribution in [3.05, 3.63) is 36.4 Å². The Balaban J connectivity index is 0.00000133. The zero-order valence-corrected chi connectivity index (χ0v) is 11.3. The smallest absolute Gasteiger partial charge is 0.132 e. The molecule has 2 heterocycles. The molecule has 0 spiro atoms. The van der Waals surface area contributed by atoms with Crippen molar-refractivity contribution >= 4 is 28.9 Å². The van der Waals surface area contributed by atoms with Gasteiger partial charge in [0, 0.05) is 34.9 Å². The maximum atomic E-state index is 13.7. The minimum atomic E-state index is -0.214. The van der Waals surface area contributed by atoms with Crippen LogP contribution in [0.15, 0.2) is 30.6 Å². The molecule has 1 saturated heterocycles. The minimum absolute atomic E-state index is 0. The van der Waals surface area contributed by atoms with Gasteiger partial charge in [0.25, 0.3) is 0 Å². The van der Waals surface area contributed by atoms with Gasteiger partial charge in [-0.15, -0.1) is 12.4 Å². The summed E-state index contributed by atoms with van der Waals surface area (Å²) in [5.74, 6) is -0.214. The van der Waals surface area contributed by atoms with Gasteiger partial charge in [0.15, 0.2) is 0 Å². The van der Waals surface area contributed by atoms with Gasteiger partial charge < -0.3 is 10.6 Å². The van der Waals surface area contributed by atoms with E-state index >= 15 is 0 Å². The molecule has 1 aliphatic rings. The van der Waals surface area contributed by atoms with Crippen molar-refractivity contribution in [2.45, 2.75) is 18.9 Å². The Morgan fingerprint density at radius 2 is 1.95 bits per heavy atom.